The summed E-state index contributed by atoms with van der Waals surface area (Å²) in [5, 5.41) is 3.30. The molecule has 29 heavy (non-hydrogen) atoms. The van der Waals surface area contributed by atoms with Crippen LogP contribution in [0.1, 0.15) is 44.1 Å². The van der Waals surface area contributed by atoms with Gasteiger partial charge in [-0.2, -0.15) is 0 Å². The monoisotopic (exact) mass is 397 g/mol. The minimum atomic E-state index is 0.139. The Balaban J connectivity index is 1.28. The normalized spacial score (nSPS) is 23.4. The Morgan fingerprint density at radius 1 is 1.03 bits per heavy atom. The van der Waals surface area contributed by atoms with Crippen LogP contribution in [0.3, 0.4) is 0 Å². The maximum absolute atomic E-state index is 12.7. The van der Waals surface area contributed by atoms with E-state index in [1.165, 1.54) is 43.2 Å². The van der Waals surface area contributed by atoms with Gasteiger partial charge in [0, 0.05) is 38.3 Å². The van der Waals surface area contributed by atoms with Gasteiger partial charge in [0.1, 0.15) is 0 Å². The van der Waals surface area contributed by atoms with Gasteiger partial charge in [0.05, 0.1) is 19.8 Å². The zero-order valence-electron chi connectivity index (χ0n) is 17.6. The number of benzene rings is 1. The minimum absolute atomic E-state index is 0.139. The smallest absolute Gasteiger partial charge is 0.234 e. The molecular formula is C24H35N3O2. The van der Waals surface area contributed by atoms with E-state index in [-0.39, 0.29) is 11.4 Å². The Morgan fingerprint density at radius 3 is 2.48 bits per heavy atom. The van der Waals surface area contributed by atoms with E-state index < -0.39 is 0 Å². The van der Waals surface area contributed by atoms with E-state index in [9.17, 15) is 4.79 Å². The number of carbonyl (C=O) groups is 1. The fraction of sp³-hybridized carbons (Fsp3) is 0.625. The third-order valence-corrected chi connectivity index (χ3v) is 6.89. The summed E-state index contributed by atoms with van der Waals surface area (Å²) in [6, 6.07) is 10.6. The maximum Gasteiger partial charge on any atom is 0.234 e. The van der Waals surface area contributed by atoms with Gasteiger partial charge in [-0.05, 0) is 30.4 Å². The summed E-state index contributed by atoms with van der Waals surface area (Å²) < 4.78 is 5.56. The van der Waals surface area contributed by atoms with Gasteiger partial charge in [0.15, 0.2) is 0 Å². The second kappa shape index (κ2) is 9.88. The van der Waals surface area contributed by atoms with Crippen molar-refractivity contribution in [1.29, 1.82) is 0 Å². The first kappa shape index (κ1) is 20.6. The summed E-state index contributed by atoms with van der Waals surface area (Å²) in [5.41, 5.74) is 2.84. The van der Waals surface area contributed by atoms with Crippen molar-refractivity contribution >= 4 is 11.5 Å². The summed E-state index contributed by atoms with van der Waals surface area (Å²) in [5.74, 6) is 0.166. The highest BCUT2D eigenvalue weighted by Gasteiger charge is 2.38. The molecule has 3 aliphatic rings. The van der Waals surface area contributed by atoms with Crippen LogP contribution in [0.15, 0.2) is 36.4 Å². The first-order valence-corrected chi connectivity index (χ1v) is 11.3. The number of rotatable bonds is 6. The number of nitrogens with one attached hydrogen (secondary N) is 1. The Hall–Kier alpha value is -1.69. The topological polar surface area (TPSA) is 44.8 Å². The van der Waals surface area contributed by atoms with Gasteiger partial charge in [0.2, 0.25) is 5.91 Å². The SMILES string of the molecule is O=C(CN1CC=C(c2ccccc2)CC1)NCC1(N2CCOCC2)CCCCC1. The summed E-state index contributed by atoms with van der Waals surface area (Å²) in [6.07, 6.45) is 9.54. The molecule has 1 N–H and O–H groups in total. The predicted molar refractivity (Wildman–Crippen MR) is 117 cm³/mol. The predicted octanol–water partition coefficient (Wildman–Crippen LogP) is 2.93. The van der Waals surface area contributed by atoms with Crippen LogP contribution in [0.25, 0.3) is 5.57 Å². The Morgan fingerprint density at radius 2 is 1.79 bits per heavy atom. The number of hydrogen-bond donors (Lipinski definition) is 1. The molecular weight excluding hydrogens is 362 g/mol. The third-order valence-electron chi connectivity index (χ3n) is 6.89. The van der Waals surface area contributed by atoms with Crippen LogP contribution in [-0.2, 0) is 9.53 Å². The lowest BCUT2D eigenvalue weighted by Crippen LogP contribution is -2.60. The van der Waals surface area contributed by atoms with Crippen molar-refractivity contribution in [2.45, 2.75) is 44.1 Å². The summed E-state index contributed by atoms with van der Waals surface area (Å²) in [6.45, 7) is 6.71. The van der Waals surface area contributed by atoms with Crippen LogP contribution in [0, 0.1) is 0 Å². The number of carbonyl (C=O) groups excluding carboxylic acids is 1. The molecule has 5 nitrogen and oxygen atoms in total. The third kappa shape index (κ3) is 5.27. The molecule has 1 amide bonds. The standard InChI is InChI=1S/C24H35N3O2/c28-23(19-26-13-9-22(10-14-26)21-7-3-1-4-8-21)25-20-24(11-5-2-6-12-24)27-15-17-29-18-16-27/h1,3-4,7-9H,2,5-6,10-20H2,(H,25,28). The van der Waals surface area contributed by atoms with Crippen LogP contribution >= 0.6 is 0 Å². The fourth-order valence-electron chi connectivity index (χ4n) is 5.14. The number of hydrogen-bond acceptors (Lipinski definition) is 4. The molecule has 2 heterocycles. The molecule has 0 bridgehead atoms. The molecule has 0 radical (unpaired) electrons. The van der Waals surface area contributed by atoms with Crippen LogP contribution in [0.2, 0.25) is 0 Å². The Kier molecular flexibility index (Phi) is 7.01. The van der Waals surface area contributed by atoms with E-state index in [0.29, 0.717) is 6.54 Å². The van der Waals surface area contributed by atoms with Crippen molar-refractivity contribution in [2.75, 3.05) is 52.5 Å². The molecule has 5 heteroatoms. The van der Waals surface area contributed by atoms with Gasteiger partial charge in [0.25, 0.3) is 0 Å². The highest BCUT2D eigenvalue weighted by Crippen LogP contribution is 2.34. The highest BCUT2D eigenvalue weighted by molar-refractivity contribution is 5.78. The van der Waals surface area contributed by atoms with Gasteiger partial charge in [-0.25, -0.2) is 0 Å². The molecule has 2 fully saturated rings. The zero-order valence-corrected chi connectivity index (χ0v) is 17.6. The lowest BCUT2D eigenvalue weighted by Gasteiger charge is -2.48. The molecule has 0 atom stereocenters. The quantitative estimate of drug-likeness (QED) is 0.802. The first-order valence-electron chi connectivity index (χ1n) is 11.3. The van der Waals surface area contributed by atoms with Gasteiger partial charge in [-0.1, -0.05) is 55.7 Å². The Labute approximate surface area is 175 Å². The van der Waals surface area contributed by atoms with Crippen molar-refractivity contribution in [2.24, 2.45) is 0 Å². The molecule has 0 unspecified atom stereocenters. The summed E-state index contributed by atoms with van der Waals surface area (Å²) >= 11 is 0. The van der Waals surface area contributed by atoms with Gasteiger partial charge in [-0.3, -0.25) is 14.6 Å². The molecule has 1 aromatic rings. The molecule has 1 aliphatic carbocycles. The first-order chi connectivity index (χ1) is 14.3. The van der Waals surface area contributed by atoms with Crippen molar-refractivity contribution < 1.29 is 9.53 Å². The van der Waals surface area contributed by atoms with Crippen LogP contribution in [0.4, 0.5) is 0 Å². The Bertz CT molecular complexity index is 691. The molecule has 0 spiro atoms. The van der Waals surface area contributed by atoms with Gasteiger partial charge >= 0.3 is 0 Å². The lowest BCUT2D eigenvalue weighted by atomic mass is 9.79. The molecule has 2 aliphatic heterocycles. The van der Waals surface area contributed by atoms with E-state index >= 15 is 0 Å². The van der Waals surface area contributed by atoms with E-state index in [2.05, 4.69) is 51.5 Å². The molecule has 0 aromatic heterocycles. The van der Waals surface area contributed by atoms with Gasteiger partial charge < -0.3 is 10.1 Å². The van der Waals surface area contributed by atoms with Crippen LogP contribution in [0.5, 0.6) is 0 Å². The molecule has 1 saturated carbocycles. The highest BCUT2D eigenvalue weighted by atomic mass is 16.5. The van der Waals surface area contributed by atoms with Crippen LogP contribution in [-0.4, -0.2) is 73.7 Å². The van der Waals surface area contributed by atoms with Gasteiger partial charge in [-0.15, -0.1) is 0 Å². The van der Waals surface area contributed by atoms with E-state index in [1.54, 1.807) is 0 Å². The largest absolute Gasteiger partial charge is 0.379 e. The average Bonchev–Trinajstić information content (AvgIpc) is 2.80. The average molecular weight is 398 g/mol. The fourth-order valence-corrected chi connectivity index (χ4v) is 5.14. The number of amides is 1. The summed E-state index contributed by atoms with van der Waals surface area (Å²) in [4.78, 5) is 17.6. The number of nitrogens with zero attached hydrogens (tertiary/aromatic N) is 2. The zero-order chi connectivity index (χ0) is 19.9. The summed E-state index contributed by atoms with van der Waals surface area (Å²) in [7, 11) is 0. The maximum atomic E-state index is 12.7. The number of ether oxygens (including phenoxy) is 1. The molecule has 158 valence electrons. The van der Waals surface area contributed by atoms with Crippen molar-refractivity contribution in [3.05, 3.63) is 42.0 Å². The van der Waals surface area contributed by atoms with Crippen molar-refractivity contribution in [3.63, 3.8) is 0 Å². The minimum Gasteiger partial charge on any atom is -0.379 e. The number of morpholine rings is 1. The second-order valence-electron chi connectivity index (χ2n) is 8.74. The molecule has 4 rings (SSSR count). The van der Waals surface area contributed by atoms with E-state index in [1.807, 2.05) is 0 Å². The van der Waals surface area contributed by atoms with Crippen LogP contribution < -0.4 is 5.32 Å². The van der Waals surface area contributed by atoms with Crippen molar-refractivity contribution in [1.82, 2.24) is 15.1 Å². The molecule has 1 saturated heterocycles. The van der Waals surface area contributed by atoms with E-state index in [4.69, 9.17) is 4.74 Å². The molecule has 1 aromatic carbocycles. The lowest BCUT2D eigenvalue weighted by molar-refractivity contribution is -0.123. The van der Waals surface area contributed by atoms with Crippen molar-refractivity contribution in [3.8, 4) is 0 Å². The van der Waals surface area contributed by atoms with E-state index in [0.717, 1.165) is 52.4 Å². The second-order valence-corrected chi connectivity index (χ2v) is 8.74.